The van der Waals surface area contributed by atoms with Crippen molar-refractivity contribution >= 4 is 40.9 Å². The zero-order valence-corrected chi connectivity index (χ0v) is 18.4. The molecule has 3 rings (SSSR count). The predicted molar refractivity (Wildman–Crippen MR) is 117 cm³/mol. The van der Waals surface area contributed by atoms with Crippen LogP contribution in [-0.4, -0.2) is 33.4 Å². The standard InChI is InChI=1S/C20H20Cl2N4O2S/c1-11(16-9-6-14(21)10-17(16)22)23-19(27)12(2)29-20-24-18(25-26-20)13-4-7-15(28-3)8-5-13/h4-12H,1-3H3,(H,23,27)(H,24,25,26)/t11-,12+/m1/s1. The second-order valence-electron chi connectivity index (χ2n) is 6.35. The van der Waals surface area contributed by atoms with E-state index < -0.39 is 0 Å². The van der Waals surface area contributed by atoms with Crippen LogP contribution in [0.4, 0.5) is 0 Å². The van der Waals surface area contributed by atoms with E-state index in [1.54, 1.807) is 26.2 Å². The van der Waals surface area contributed by atoms with Gasteiger partial charge in [-0.15, -0.1) is 5.10 Å². The third-order valence-corrected chi connectivity index (χ3v) is 5.79. The number of aromatic amines is 1. The summed E-state index contributed by atoms with van der Waals surface area (Å²) in [5, 5.41) is 11.2. The lowest BCUT2D eigenvalue weighted by Crippen LogP contribution is -2.33. The van der Waals surface area contributed by atoms with E-state index in [1.807, 2.05) is 37.3 Å². The smallest absolute Gasteiger partial charge is 0.233 e. The lowest BCUT2D eigenvalue weighted by molar-refractivity contribution is -0.120. The second kappa shape index (κ2) is 9.52. The second-order valence-corrected chi connectivity index (χ2v) is 8.50. The molecule has 1 heterocycles. The van der Waals surface area contributed by atoms with Crippen LogP contribution in [-0.2, 0) is 4.79 Å². The number of hydrogen-bond acceptors (Lipinski definition) is 5. The zero-order valence-electron chi connectivity index (χ0n) is 16.1. The minimum atomic E-state index is -0.386. The summed E-state index contributed by atoms with van der Waals surface area (Å²) >= 11 is 13.4. The van der Waals surface area contributed by atoms with Crippen molar-refractivity contribution in [1.29, 1.82) is 0 Å². The molecule has 0 saturated heterocycles. The Morgan fingerprint density at radius 2 is 1.90 bits per heavy atom. The number of aromatic nitrogens is 3. The number of H-pyrrole nitrogens is 1. The van der Waals surface area contributed by atoms with Crippen LogP contribution >= 0.6 is 35.0 Å². The first-order valence-electron chi connectivity index (χ1n) is 8.86. The minimum Gasteiger partial charge on any atom is -0.497 e. The van der Waals surface area contributed by atoms with Gasteiger partial charge in [0, 0.05) is 15.6 Å². The summed E-state index contributed by atoms with van der Waals surface area (Å²) in [5.41, 5.74) is 1.69. The van der Waals surface area contributed by atoms with Crippen molar-refractivity contribution in [2.24, 2.45) is 0 Å². The van der Waals surface area contributed by atoms with Crippen LogP contribution in [0.2, 0.25) is 10.0 Å². The van der Waals surface area contributed by atoms with E-state index in [2.05, 4.69) is 20.5 Å². The van der Waals surface area contributed by atoms with E-state index in [4.69, 9.17) is 27.9 Å². The number of thioether (sulfide) groups is 1. The highest BCUT2D eigenvalue weighted by Crippen LogP contribution is 2.28. The highest BCUT2D eigenvalue weighted by atomic mass is 35.5. The SMILES string of the molecule is COc1ccc(-c2nc(S[C@@H](C)C(=O)N[C@H](C)c3ccc(Cl)cc3Cl)n[nH]2)cc1. The molecule has 2 atom stereocenters. The summed E-state index contributed by atoms with van der Waals surface area (Å²) in [4.78, 5) is 17.0. The Bertz CT molecular complexity index is 994. The number of halogens is 2. The molecule has 152 valence electrons. The van der Waals surface area contributed by atoms with Gasteiger partial charge in [0.2, 0.25) is 11.1 Å². The summed E-state index contributed by atoms with van der Waals surface area (Å²) in [7, 11) is 1.62. The first-order chi connectivity index (χ1) is 13.9. The highest BCUT2D eigenvalue weighted by Gasteiger charge is 2.20. The van der Waals surface area contributed by atoms with E-state index in [0.717, 1.165) is 16.9 Å². The molecule has 0 aliphatic carbocycles. The van der Waals surface area contributed by atoms with Gasteiger partial charge in [0.05, 0.1) is 18.4 Å². The largest absolute Gasteiger partial charge is 0.497 e. The number of nitrogens with zero attached hydrogens (tertiary/aromatic N) is 2. The molecule has 0 spiro atoms. The first kappa shape index (κ1) is 21.5. The maximum Gasteiger partial charge on any atom is 0.233 e. The quantitative estimate of drug-likeness (QED) is 0.486. The van der Waals surface area contributed by atoms with Crippen LogP contribution in [0.3, 0.4) is 0 Å². The number of hydrogen-bond donors (Lipinski definition) is 2. The molecule has 0 unspecified atom stereocenters. The summed E-state index contributed by atoms with van der Waals surface area (Å²) in [6, 6.07) is 12.4. The molecule has 0 aliphatic heterocycles. The Labute approximate surface area is 183 Å². The number of carbonyl (C=O) groups excluding carboxylic acids is 1. The summed E-state index contributed by atoms with van der Waals surface area (Å²) in [5.74, 6) is 1.26. The Kier molecular flexibility index (Phi) is 7.05. The Hall–Kier alpha value is -2.22. The van der Waals surface area contributed by atoms with E-state index in [9.17, 15) is 4.79 Å². The fourth-order valence-corrected chi connectivity index (χ4v) is 3.96. The van der Waals surface area contributed by atoms with Gasteiger partial charge in [0.25, 0.3) is 0 Å². The minimum absolute atomic E-state index is 0.135. The fraction of sp³-hybridized carbons (Fsp3) is 0.250. The van der Waals surface area contributed by atoms with E-state index in [0.29, 0.717) is 21.0 Å². The number of methoxy groups -OCH3 is 1. The van der Waals surface area contributed by atoms with Crippen LogP contribution in [0.25, 0.3) is 11.4 Å². The molecule has 0 bridgehead atoms. The topological polar surface area (TPSA) is 79.9 Å². The van der Waals surface area contributed by atoms with Crippen molar-refractivity contribution in [3.63, 3.8) is 0 Å². The molecule has 3 aromatic rings. The van der Waals surface area contributed by atoms with Gasteiger partial charge >= 0.3 is 0 Å². The Morgan fingerprint density at radius 1 is 1.17 bits per heavy atom. The summed E-state index contributed by atoms with van der Waals surface area (Å²) < 4.78 is 5.16. The third kappa shape index (κ3) is 5.44. The molecule has 29 heavy (non-hydrogen) atoms. The molecule has 2 N–H and O–H groups in total. The summed E-state index contributed by atoms with van der Waals surface area (Å²) in [6.45, 7) is 3.68. The Morgan fingerprint density at radius 3 is 2.55 bits per heavy atom. The van der Waals surface area contributed by atoms with Crippen molar-refractivity contribution in [3.05, 3.63) is 58.1 Å². The molecule has 1 amide bonds. The number of ether oxygens (including phenoxy) is 1. The molecule has 1 aromatic heterocycles. The Balaban J connectivity index is 1.61. The van der Waals surface area contributed by atoms with Crippen molar-refractivity contribution in [1.82, 2.24) is 20.5 Å². The number of rotatable bonds is 7. The molecule has 0 aliphatic rings. The van der Waals surface area contributed by atoms with E-state index in [1.165, 1.54) is 11.8 Å². The third-order valence-electron chi connectivity index (χ3n) is 4.27. The van der Waals surface area contributed by atoms with E-state index in [-0.39, 0.29) is 17.2 Å². The highest BCUT2D eigenvalue weighted by molar-refractivity contribution is 8.00. The lowest BCUT2D eigenvalue weighted by atomic mass is 10.1. The van der Waals surface area contributed by atoms with Crippen LogP contribution in [0.1, 0.15) is 25.5 Å². The molecule has 6 nitrogen and oxygen atoms in total. The number of carbonyl (C=O) groups is 1. The van der Waals surface area contributed by atoms with Gasteiger partial charge in [0.1, 0.15) is 5.75 Å². The van der Waals surface area contributed by atoms with Crippen molar-refractivity contribution in [2.75, 3.05) is 7.11 Å². The number of nitrogens with one attached hydrogen (secondary N) is 2. The van der Waals surface area contributed by atoms with E-state index >= 15 is 0 Å². The molecule has 9 heteroatoms. The van der Waals surface area contributed by atoms with Gasteiger partial charge in [-0.1, -0.05) is 41.0 Å². The molecular weight excluding hydrogens is 431 g/mol. The van der Waals surface area contributed by atoms with Gasteiger partial charge in [-0.2, -0.15) is 0 Å². The molecule has 0 radical (unpaired) electrons. The predicted octanol–water partition coefficient (Wildman–Crippen LogP) is 5.15. The molecule has 0 saturated carbocycles. The van der Waals surface area contributed by atoms with Crippen LogP contribution in [0.5, 0.6) is 5.75 Å². The van der Waals surface area contributed by atoms with Crippen molar-refractivity contribution in [3.8, 4) is 17.1 Å². The monoisotopic (exact) mass is 450 g/mol. The van der Waals surface area contributed by atoms with Crippen LogP contribution in [0.15, 0.2) is 47.6 Å². The average Bonchev–Trinajstić information content (AvgIpc) is 3.16. The zero-order chi connectivity index (χ0) is 21.0. The van der Waals surface area contributed by atoms with Gasteiger partial charge in [-0.05, 0) is 55.8 Å². The average molecular weight is 451 g/mol. The first-order valence-corrected chi connectivity index (χ1v) is 10.5. The molecule has 0 fully saturated rings. The summed E-state index contributed by atoms with van der Waals surface area (Å²) in [6.07, 6.45) is 0. The number of benzene rings is 2. The van der Waals surface area contributed by atoms with Gasteiger partial charge < -0.3 is 10.1 Å². The van der Waals surface area contributed by atoms with Gasteiger partial charge in [0.15, 0.2) is 5.82 Å². The van der Waals surface area contributed by atoms with Crippen molar-refractivity contribution in [2.45, 2.75) is 30.3 Å². The normalized spacial score (nSPS) is 13.0. The van der Waals surface area contributed by atoms with Gasteiger partial charge in [-0.3, -0.25) is 9.89 Å². The van der Waals surface area contributed by atoms with Crippen LogP contribution in [0, 0.1) is 0 Å². The lowest BCUT2D eigenvalue weighted by Gasteiger charge is -2.18. The van der Waals surface area contributed by atoms with Gasteiger partial charge in [-0.25, -0.2) is 4.98 Å². The number of amides is 1. The fourth-order valence-electron chi connectivity index (χ4n) is 2.65. The maximum absolute atomic E-state index is 12.6. The maximum atomic E-state index is 12.6. The molecular formula is C20H20Cl2N4O2S. The van der Waals surface area contributed by atoms with Crippen LogP contribution < -0.4 is 10.1 Å². The molecule has 2 aromatic carbocycles. The van der Waals surface area contributed by atoms with Crippen molar-refractivity contribution < 1.29 is 9.53 Å².